The molecule has 96 valence electrons. The van der Waals surface area contributed by atoms with Gasteiger partial charge < -0.3 is 15.2 Å². The van der Waals surface area contributed by atoms with Crippen LogP contribution >= 0.6 is 0 Å². The zero-order chi connectivity index (χ0) is 12.7. The Hall–Kier alpha value is -1.39. The summed E-state index contributed by atoms with van der Waals surface area (Å²) in [7, 11) is 0. The molecule has 1 aromatic rings. The molecule has 0 bridgehead atoms. The zero-order valence-corrected chi connectivity index (χ0v) is 10.6. The van der Waals surface area contributed by atoms with Crippen LogP contribution < -0.4 is 5.06 Å². The van der Waals surface area contributed by atoms with Gasteiger partial charge in [0.05, 0.1) is 6.04 Å². The van der Waals surface area contributed by atoms with E-state index in [0.717, 1.165) is 19.4 Å². The predicted octanol–water partition coefficient (Wildman–Crippen LogP) is 0.955. The van der Waals surface area contributed by atoms with E-state index in [1.54, 1.807) is 12.1 Å². The first-order valence-corrected chi connectivity index (χ1v) is 6.60. The Kier molecular flexibility index (Phi) is 2.84. The first kappa shape index (κ1) is 11.7. The SMILES string of the molecule is C[C@@H]1CCN2C(=O)c3ccccc3[NH+]([O-])C[C@@H]2C1. The third kappa shape index (κ3) is 1.82. The van der Waals surface area contributed by atoms with Crippen LogP contribution in [0, 0.1) is 11.1 Å². The number of para-hydroxylation sites is 1. The zero-order valence-electron chi connectivity index (χ0n) is 10.6. The number of rotatable bonds is 0. The molecule has 0 aromatic heterocycles. The standard InChI is InChI=1S/C14H18N2O2/c1-10-6-7-15-11(8-10)9-16(18)13-5-3-2-4-12(13)14(15)17/h2-5,10-11,16H,6-9H2,1H3/t10-,11+/m1/s1. The molecular weight excluding hydrogens is 228 g/mol. The second-order valence-corrected chi connectivity index (χ2v) is 5.45. The van der Waals surface area contributed by atoms with Gasteiger partial charge in [0.25, 0.3) is 5.91 Å². The predicted molar refractivity (Wildman–Crippen MR) is 68.5 cm³/mol. The molecule has 0 spiro atoms. The number of hydroxylamine groups is 1. The highest BCUT2D eigenvalue weighted by Crippen LogP contribution is 2.27. The first-order valence-electron chi connectivity index (χ1n) is 6.60. The van der Waals surface area contributed by atoms with Crippen LogP contribution in [0.3, 0.4) is 0 Å². The van der Waals surface area contributed by atoms with Crippen molar-refractivity contribution in [2.24, 2.45) is 5.92 Å². The normalized spacial score (nSPS) is 31.6. The summed E-state index contributed by atoms with van der Waals surface area (Å²) in [5, 5.41) is 12.3. The number of quaternary nitrogens is 1. The van der Waals surface area contributed by atoms with E-state index >= 15 is 0 Å². The molecule has 3 atom stereocenters. The van der Waals surface area contributed by atoms with E-state index in [1.807, 2.05) is 17.0 Å². The lowest BCUT2D eigenvalue weighted by Crippen LogP contribution is -3.03. The van der Waals surface area contributed by atoms with E-state index in [-0.39, 0.29) is 17.0 Å². The van der Waals surface area contributed by atoms with Crippen LogP contribution in [0.5, 0.6) is 0 Å². The number of fused-ring (bicyclic) bond motifs is 2. The van der Waals surface area contributed by atoms with Gasteiger partial charge in [0.15, 0.2) is 0 Å². The molecule has 18 heavy (non-hydrogen) atoms. The van der Waals surface area contributed by atoms with Crippen molar-refractivity contribution in [2.45, 2.75) is 25.8 Å². The van der Waals surface area contributed by atoms with Gasteiger partial charge in [-0.2, -0.15) is 0 Å². The van der Waals surface area contributed by atoms with Gasteiger partial charge in [-0.3, -0.25) is 4.79 Å². The first-order chi connectivity index (χ1) is 8.66. The highest BCUT2D eigenvalue weighted by Gasteiger charge is 2.36. The molecule has 0 saturated carbocycles. The van der Waals surface area contributed by atoms with Gasteiger partial charge in [-0.15, -0.1) is 0 Å². The number of carbonyl (C=O) groups is 1. The maximum Gasteiger partial charge on any atom is 0.260 e. The molecule has 1 amide bonds. The van der Waals surface area contributed by atoms with Crippen molar-refractivity contribution in [3.8, 4) is 0 Å². The molecule has 1 unspecified atom stereocenters. The molecule has 0 radical (unpaired) electrons. The van der Waals surface area contributed by atoms with E-state index in [4.69, 9.17) is 0 Å². The summed E-state index contributed by atoms with van der Waals surface area (Å²) in [6.45, 7) is 3.46. The number of nitrogens with zero attached hydrogens (tertiary/aromatic N) is 1. The third-order valence-electron chi connectivity index (χ3n) is 4.12. The van der Waals surface area contributed by atoms with Crippen molar-refractivity contribution < 1.29 is 9.86 Å². The lowest BCUT2D eigenvalue weighted by molar-refractivity contribution is -0.778. The minimum Gasteiger partial charge on any atom is -0.629 e. The van der Waals surface area contributed by atoms with Crippen molar-refractivity contribution in [3.05, 3.63) is 35.0 Å². The second kappa shape index (κ2) is 4.37. The molecule has 1 aromatic carbocycles. The minimum absolute atomic E-state index is 0.0355. The fraction of sp³-hybridized carbons (Fsp3) is 0.500. The summed E-state index contributed by atoms with van der Waals surface area (Å²) in [5.74, 6) is 0.640. The summed E-state index contributed by atoms with van der Waals surface area (Å²) >= 11 is 0. The number of nitrogens with one attached hydrogen (secondary N) is 1. The van der Waals surface area contributed by atoms with Gasteiger partial charge in [-0.1, -0.05) is 19.1 Å². The van der Waals surface area contributed by atoms with Crippen LogP contribution in [0.4, 0.5) is 5.69 Å². The van der Waals surface area contributed by atoms with Crippen molar-refractivity contribution in [1.29, 1.82) is 0 Å². The Morgan fingerprint density at radius 3 is 3.00 bits per heavy atom. The van der Waals surface area contributed by atoms with Crippen LogP contribution in [-0.2, 0) is 0 Å². The molecule has 2 aliphatic rings. The number of carbonyl (C=O) groups excluding carboxylic acids is 1. The van der Waals surface area contributed by atoms with Gasteiger partial charge in [0.2, 0.25) is 0 Å². The summed E-state index contributed by atoms with van der Waals surface area (Å²) in [6.07, 6.45) is 1.99. The molecule has 2 heterocycles. The number of amides is 1. The number of hydrogen-bond acceptors (Lipinski definition) is 2. The van der Waals surface area contributed by atoms with Gasteiger partial charge in [0, 0.05) is 12.6 Å². The van der Waals surface area contributed by atoms with Crippen molar-refractivity contribution >= 4 is 11.6 Å². The van der Waals surface area contributed by atoms with Crippen molar-refractivity contribution in [1.82, 2.24) is 4.90 Å². The van der Waals surface area contributed by atoms with Crippen LogP contribution in [0.25, 0.3) is 0 Å². The minimum atomic E-state index is 0.0355. The fourth-order valence-electron chi connectivity index (χ4n) is 3.10. The maximum atomic E-state index is 12.5. The summed E-state index contributed by atoms with van der Waals surface area (Å²) in [6, 6.07) is 7.31. The smallest absolute Gasteiger partial charge is 0.260 e. The van der Waals surface area contributed by atoms with Crippen LogP contribution in [0.1, 0.15) is 30.1 Å². The number of benzene rings is 1. The van der Waals surface area contributed by atoms with Crippen LogP contribution in [0.2, 0.25) is 0 Å². The lowest BCUT2D eigenvalue weighted by atomic mass is 9.92. The lowest BCUT2D eigenvalue weighted by Gasteiger charge is -2.37. The molecule has 1 N–H and O–H groups in total. The van der Waals surface area contributed by atoms with Crippen molar-refractivity contribution in [3.63, 3.8) is 0 Å². The third-order valence-corrected chi connectivity index (χ3v) is 4.12. The Morgan fingerprint density at radius 1 is 1.39 bits per heavy atom. The van der Waals surface area contributed by atoms with Crippen LogP contribution in [-0.4, -0.2) is 29.9 Å². The topological polar surface area (TPSA) is 47.8 Å². The van der Waals surface area contributed by atoms with Gasteiger partial charge in [0.1, 0.15) is 17.8 Å². The summed E-state index contributed by atoms with van der Waals surface area (Å²) < 4.78 is 0. The molecule has 1 saturated heterocycles. The molecular formula is C14H18N2O2. The van der Waals surface area contributed by atoms with E-state index in [9.17, 15) is 10.0 Å². The molecule has 1 fully saturated rings. The largest absolute Gasteiger partial charge is 0.629 e. The quantitative estimate of drug-likeness (QED) is 0.693. The number of hydrogen-bond donors (Lipinski definition) is 1. The summed E-state index contributed by atoms with van der Waals surface area (Å²) in [5.41, 5.74) is 1.18. The summed E-state index contributed by atoms with van der Waals surface area (Å²) in [4.78, 5) is 14.4. The highest BCUT2D eigenvalue weighted by molar-refractivity contribution is 5.98. The maximum absolute atomic E-state index is 12.5. The van der Waals surface area contributed by atoms with E-state index in [0.29, 0.717) is 23.7 Å². The average Bonchev–Trinajstić information content (AvgIpc) is 2.47. The van der Waals surface area contributed by atoms with Gasteiger partial charge >= 0.3 is 0 Å². The molecule has 3 rings (SSSR count). The molecule has 4 heteroatoms. The molecule has 4 nitrogen and oxygen atoms in total. The van der Waals surface area contributed by atoms with Gasteiger partial charge in [-0.05, 0) is 24.8 Å². The second-order valence-electron chi connectivity index (χ2n) is 5.45. The monoisotopic (exact) mass is 246 g/mol. The molecule has 2 aliphatic heterocycles. The van der Waals surface area contributed by atoms with Crippen molar-refractivity contribution in [2.75, 3.05) is 13.1 Å². The fourth-order valence-corrected chi connectivity index (χ4v) is 3.10. The van der Waals surface area contributed by atoms with E-state index < -0.39 is 0 Å². The average molecular weight is 246 g/mol. The van der Waals surface area contributed by atoms with Crippen LogP contribution in [0.15, 0.2) is 24.3 Å². The molecule has 0 aliphatic carbocycles. The Balaban J connectivity index is 2.01. The Labute approximate surface area is 107 Å². The number of piperidine rings is 1. The Morgan fingerprint density at radius 2 is 2.17 bits per heavy atom. The Bertz CT molecular complexity index is 475. The van der Waals surface area contributed by atoms with E-state index in [1.165, 1.54) is 0 Å². The van der Waals surface area contributed by atoms with Gasteiger partial charge in [-0.25, -0.2) is 0 Å². The highest BCUT2D eigenvalue weighted by atomic mass is 16.5. The van der Waals surface area contributed by atoms with E-state index in [2.05, 4.69) is 6.92 Å².